The van der Waals surface area contributed by atoms with Crippen molar-refractivity contribution in [2.45, 2.75) is 13.1 Å². The fourth-order valence-electron chi connectivity index (χ4n) is 3.39. The van der Waals surface area contributed by atoms with Gasteiger partial charge in [0.1, 0.15) is 23.8 Å². The van der Waals surface area contributed by atoms with Gasteiger partial charge in [-0.3, -0.25) is 14.3 Å². The lowest BCUT2D eigenvalue weighted by Gasteiger charge is -2.27. The maximum atomic E-state index is 12.9. The number of carbonyl (C=O) groups excluding carboxylic acids is 2. The lowest BCUT2D eigenvalue weighted by Crippen LogP contribution is -2.39. The number of rotatable bonds is 8. The molecule has 31 heavy (non-hydrogen) atoms. The third-order valence-electron chi connectivity index (χ3n) is 5.03. The molecule has 160 valence electrons. The van der Waals surface area contributed by atoms with Crippen LogP contribution in [0.1, 0.15) is 26.5 Å². The standard InChI is InChI=1S/C23H24N4O4/c1-30-18-9-7-17(8-10-18)16-26-12-13-27-21(23(26)29)15-20(25-27)22(28)24-11-14-31-19-5-3-2-4-6-19/h2-10,15H,11-14,16H2,1H3,(H,24,28). The summed E-state index contributed by atoms with van der Waals surface area (Å²) in [5, 5.41) is 7.08. The summed E-state index contributed by atoms with van der Waals surface area (Å²) in [6, 6.07) is 18.6. The summed E-state index contributed by atoms with van der Waals surface area (Å²) in [7, 11) is 1.62. The van der Waals surface area contributed by atoms with Crippen LogP contribution in [0.15, 0.2) is 60.7 Å². The third-order valence-corrected chi connectivity index (χ3v) is 5.03. The van der Waals surface area contributed by atoms with Crippen molar-refractivity contribution < 1.29 is 19.1 Å². The van der Waals surface area contributed by atoms with Crippen LogP contribution in [0.5, 0.6) is 11.5 Å². The van der Waals surface area contributed by atoms with Gasteiger partial charge in [0.25, 0.3) is 11.8 Å². The Morgan fingerprint density at radius 3 is 2.58 bits per heavy atom. The molecular weight excluding hydrogens is 396 g/mol. The van der Waals surface area contributed by atoms with Gasteiger partial charge in [0, 0.05) is 19.2 Å². The van der Waals surface area contributed by atoms with Crippen LogP contribution in [-0.2, 0) is 13.1 Å². The molecule has 1 aromatic heterocycles. The molecule has 4 rings (SSSR count). The van der Waals surface area contributed by atoms with E-state index in [1.54, 1.807) is 22.8 Å². The van der Waals surface area contributed by atoms with Crippen molar-refractivity contribution in [3.63, 3.8) is 0 Å². The number of nitrogens with zero attached hydrogens (tertiary/aromatic N) is 3. The van der Waals surface area contributed by atoms with Gasteiger partial charge in [-0.15, -0.1) is 0 Å². The van der Waals surface area contributed by atoms with E-state index in [4.69, 9.17) is 9.47 Å². The van der Waals surface area contributed by atoms with Crippen LogP contribution in [0.3, 0.4) is 0 Å². The third kappa shape index (κ3) is 4.85. The molecule has 0 bridgehead atoms. The molecule has 0 spiro atoms. The van der Waals surface area contributed by atoms with Crippen molar-refractivity contribution in [2.24, 2.45) is 0 Å². The number of fused-ring (bicyclic) bond motifs is 1. The van der Waals surface area contributed by atoms with Gasteiger partial charge in [-0.2, -0.15) is 5.10 Å². The van der Waals surface area contributed by atoms with Crippen LogP contribution in [0.25, 0.3) is 0 Å². The molecule has 0 saturated carbocycles. The molecule has 8 nitrogen and oxygen atoms in total. The number of nitrogens with one attached hydrogen (secondary N) is 1. The van der Waals surface area contributed by atoms with E-state index < -0.39 is 0 Å². The van der Waals surface area contributed by atoms with Crippen LogP contribution < -0.4 is 14.8 Å². The first-order chi connectivity index (χ1) is 15.1. The first-order valence-electron chi connectivity index (χ1n) is 10.1. The maximum absolute atomic E-state index is 12.9. The molecule has 1 aliphatic heterocycles. The minimum atomic E-state index is -0.326. The average Bonchev–Trinajstić information content (AvgIpc) is 3.25. The topological polar surface area (TPSA) is 85.7 Å². The SMILES string of the molecule is COc1ccc(CN2CCn3nc(C(=O)NCCOc4ccccc4)cc3C2=O)cc1. The predicted octanol–water partition coefficient (Wildman–Crippen LogP) is 2.36. The van der Waals surface area contributed by atoms with E-state index in [9.17, 15) is 9.59 Å². The zero-order valence-electron chi connectivity index (χ0n) is 17.3. The van der Waals surface area contributed by atoms with E-state index >= 15 is 0 Å². The molecule has 0 atom stereocenters. The summed E-state index contributed by atoms with van der Waals surface area (Å²) in [4.78, 5) is 27.1. The largest absolute Gasteiger partial charge is 0.497 e. The second-order valence-electron chi connectivity index (χ2n) is 7.13. The van der Waals surface area contributed by atoms with Crippen molar-refractivity contribution in [3.8, 4) is 11.5 Å². The Hall–Kier alpha value is -3.81. The van der Waals surface area contributed by atoms with Crippen molar-refractivity contribution in [3.05, 3.63) is 77.6 Å². The van der Waals surface area contributed by atoms with Crippen molar-refractivity contribution >= 4 is 11.8 Å². The molecule has 2 heterocycles. The van der Waals surface area contributed by atoms with Gasteiger partial charge in [0.2, 0.25) is 0 Å². The van der Waals surface area contributed by atoms with Gasteiger partial charge >= 0.3 is 0 Å². The number of aromatic nitrogens is 2. The molecule has 0 fully saturated rings. The molecule has 0 saturated heterocycles. The first kappa shape index (κ1) is 20.5. The minimum absolute atomic E-state index is 0.138. The summed E-state index contributed by atoms with van der Waals surface area (Å²) in [6.07, 6.45) is 0. The zero-order chi connectivity index (χ0) is 21.6. The highest BCUT2D eigenvalue weighted by molar-refractivity contribution is 5.98. The average molecular weight is 420 g/mol. The normalized spacial score (nSPS) is 12.9. The Kier molecular flexibility index (Phi) is 6.16. The van der Waals surface area contributed by atoms with Crippen LogP contribution >= 0.6 is 0 Å². The predicted molar refractivity (Wildman–Crippen MR) is 114 cm³/mol. The summed E-state index contributed by atoms with van der Waals surface area (Å²) < 4.78 is 12.3. The molecule has 2 aromatic carbocycles. The Balaban J connectivity index is 1.33. The second kappa shape index (κ2) is 9.34. The van der Waals surface area contributed by atoms with Gasteiger partial charge in [-0.05, 0) is 29.8 Å². The highest BCUT2D eigenvalue weighted by Crippen LogP contribution is 2.18. The lowest BCUT2D eigenvalue weighted by atomic mass is 10.1. The van der Waals surface area contributed by atoms with Gasteiger partial charge in [0.05, 0.1) is 20.2 Å². The minimum Gasteiger partial charge on any atom is -0.497 e. The zero-order valence-corrected chi connectivity index (χ0v) is 17.3. The maximum Gasteiger partial charge on any atom is 0.272 e. The van der Waals surface area contributed by atoms with Crippen LogP contribution in [0.2, 0.25) is 0 Å². The van der Waals surface area contributed by atoms with E-state index in [1.165, 1.54) is 0 Å². The van der Waals surface area contributed by atoms with Crippen LogP contribution in [0.4, 0.5) is 0 Å². The monoisotopic (exact) mass is 420 g/mol. The highest BCUT2D eigenvalue weighted by Gasteiger charge is 2.27. The number of benzene rings is 2. The number of carbonyl (C=O) groups is 2. The summed E-state index contributed by atoms with van der Waals surface area (Å²) >= 11 is 0. The Morgan fingerprint density at radius 1 is 1.06 bits per heavy atom. The van der Waals surface area contributed by atoms with Gasteiger partial charge in [-0.25, -0.2) is 0 Å². The smallest absolute Gasteiger partial charge is 0.272 e. The van der Waals surface area contributed by atoms with Crippen molar-refractivity contribution in [2.75, 3.05) is 26.8 Å². The summed E-state index contributed by atoms with van der Waals surface area (Å²) in [6.45, 7) is 2.25. The molecule has 0 unspecified atom stereocenters. The molecule has 2 amide bonds. The van der Waals surface area contributed by atoms with E-state index in [1.807, 2.05) is 54.6 Å². The number of amides is 2. The summed E-state index contributed by atoms with van der Waals surface area (Å²) in [5.41, 5.74) is 1.67. The molecule has 1 N–H and O–H groups in total. The number of ether oxygens (including phenoxy) is 2. The number of hydrogen-bond donors (Lipinski definition) is 1. The van der Waals surface area contributed by atoms with Crippen molar-refractivity contribution in [1.29, 1.82) is 0 Å². The fraction of sp³-hybridized carbons (Fsp3) is 0.261. The summed E-state index contributed by atoms with van der Waals surface area (Å²) in [5.74, 6) is 1.06. The van der Waals surface area contributed by atoms with E-state index in [0.717, 1.165) is 17.1 Å². The Bertz CT molecular complexity index is 1050. The lowest BCUT2D eigenvalue weighted by molar-refractivity contribution is 0.0683. The first-order valence-corrected chi connectivity index (χ1v) is 10.1. The van der Waals surface area contributed by atoms with E-state index in [2.05, 4.69) is 10.4 Å². The number of para-hydroxylation sites is 1. The van der Waals surface area contributed by atoms with Crippen molar-refractivity contribution in [1.82, 2.24) is 20.0 Å². The van der Waals surface area contributed by atoms with Crippen LogP contribution in [-0.4, -0.2) is 53.3 Å². The van der Waals surface area contributed by atoms with Gasteiger partial charge in [-0.1, -0.05) is 30.3 Å². The van der Waals surface area contributed by atoms with Gasteiger partial charge in [0.15, 0.2) is 5.69 Å². The molecule has 3 aromatic rings. The second-order valence-corrected chi connectivity index (χ2v) is 7.13. The Labute approximate surface area is 180 Å². The molecule has 8 heteroatoms. The Morgan fingerprint density at radius 2 is 1.84 bits per heavy atom. The quantitative estimate of drug-likeness (QED) is 0.566. The van der Waals surface area contributed by atoms with E-state index in [-0.39, 0.29) is 17.5 Å². The molecule has 1 aliphatic rings. The van der Waals surface area contributed by atoms with Crippen LogP contribution in [0, 0.1) is 0 Å². The highest BCUT2D eigenvalue weighted by atomic mass is 16.5. The fourth-order valence-corrected chi connectivity index (χ4v) is 3.39. The number of hydrogen-bond acceptors (Lipinski definition) is 5. The number of methoxy groups -OCH3 is 1. The van der Waals surface area contributed by atoms with E-state index in [0.29, 0.717) is 38.5 Å². The molecule has 0 aliphatic carbocycles. The molecule has 0 radical (unpaired) electrons. The molecular formula is C23H24N4O4. The van der Waals surface area contributed by atoms with Gasteiger partial charge < -0.3 is 19.7 Å².